The van der Waals surface area contributed by atoms with Crippen LogP contribution in [0.5, 0.6) is 0 Å². The van der Waals surface area contributed by atoms with Crippen molar-refractivity contribution in [2.45, 2.75) is 13.8 Å². The van der Waals surface area contributed by atoms with Crippen LogP contribution in [-0.4, -0.2) is 17.6 Å². The average Bonchev–Trinajstić information content (AvgIpc) is 2.31. The fourth-order valence-corrected chi connectivity index (χ4v) is 1.34. The van der Waals surface area contributed by atoms with Crippen LogP contribution in [0.15, 0.2) is 23.9 Å². The lowest BCUT2D eigenvalue weighted by atomic mass is 10.0. The number of nitrogens with zero attached hydrogens (tertiary/aromatic N) is 2. The molecule has 0 atom stereocenters. The maximum atomic E-state index is 11.5. The second kappa shape index (κ2) is 6.02. The maximum Gasteiger partial charge on any atom is 0.349 e. The van der Waals surface area contributed by atoms with Crippen LogP contribution in [0.3, 0.4) is 0 Å². The van der Waals surface area contributed by atoms with Gasteiger partial charge in [-0.1, -0.05) is 17.7 Å². The summed E-state index contributed by atoms with van der Waals surface area (Å²) in [5.41, 5.74) is 1.17. The Kier molecular flexibility index (Phi) is 4.68. The second-order valence-electron chi connectivity index (χ2n) is 3.20. The Morgan fingerprint density at radius 2 is 2.29 bits per heavy atom. The first-order valence-electron chi connectivity index (χ1n) is 5.00. The van der Waals surface area contributed by atoms with E-state index in [2.05, 4.69) is 4.98 Å². The second-order valence-corrected chi connectivity index (χ2v) is 3.59. The standard InChI is InChI=1S/C12H11ClN2O2/c1-3-17-12(16)10(6-14)8(2)9-4-5-11(13)15-7-9/h4-5,7H,3H2,1-2H3/b10-8+. The summed E-state index contributed by atoms with van der Waals surface area (Å²) in [7, 11) is 0. The van der Waals surface area contributed by atoms with Crippen molar-refractivity contribution >= 4 is 23.1 Å². The molecule has 0 aliphatic rings. The monoisotopic (exact) mass is 250 g/mol. The van der Waals surface area contributed by atoms with Gasteiger partial charge in [0.05, 0.1) is 6.61 Å². The van der Waals surface area contributed by atoms with E-state index in [-0.39, 0.29) is 12.2 Å². The van der Waals surface area contributed by atoms with E-state index in [1.165, 1.54) is 6.20 Å². The molecule has 0 spiro atoms. The molecule has 0 bridgehead atoms. The fraction of sp³-hybridized carbons (Fsp3) is 0.250. The van der Waals surface area contributed by atoms with E-state index < -0.39 is 5.97 Å². The van der Waals surface area contributed by atoms with Crippen LogP contribution in [0.1, 0.15) is 19.4 Å². The van der Waals surface area contributed by atoms with E-state index in [0.717, 1.165) is 0 Å². The van der Waals surface area contributed by atoms with Crippen LogP contribution in [0.2, 0.25) is 5.15 Å². The summed E-state index contributed by atoms with van der Waals surface area (Å²) in [6.07, 6.45) is 1.51. The predicted molar refractivity (Wildman–Crippen MR) is 64.1 cm³/mol. The van der Waals surface area contributed by atoms with Gasteiger partial charge in [-0.3, -0.25) is 0 Å². The van der Waals surface area contributed by atoms with Gasteiger partial charge >= 0.3 is 5.97 Å². The SMILES string of the molecule is CCOC(=O)/C(C#N)=C(\C)c1ccc(Cl)nc1. The van der Waals surface area contributed by atoms with Crippen LogP contribution in [0, 0.1) is 11.3 Å². The number of nitriles is 1. The first kappa shape index (κ1) is 13.2. The molecule has 0 aromatic carbocycles. The Balaban J connectivity index is 3.13. The van der Waals surface area contributed by atoms with Crippen molar-refractivity contribution in [1.82, 2.24) is 4.98 Å². The molecule has 1 aromatic heterocycles. The molecular weight excluding hydrogens is 240 g/mol. The molecule has 0 saturated heterocycles. The summed E-state index contributed by atoms with van der Waals surface area (Å²) in [5.74, 6) is -0.623. The molecule has 0 aliphatic heterocycles. The highest BCUT2D eigenvalue weighted by Crippen LogP contribution is 2.19. The van der Waals surface area contributed by atoms with Gasteiger partial charge < -0.3 is 4.74 Å². The summed E-state index contributed by atoms with van der Waals surface area (Å²) in [6, 6.07) is 5.14. The molecule has 17 heavy (non-hydrogen) atoms. The minimum Gasteiger partial charge on any atom is -0.462 e. The van der Waals surface area contributed by atoms with Crippen molar-refractivity contribution in [3.05, 3.63) is 34.6 Å². The molecule has 0 radical (unpaired) electrons. The van der Waals surface area contributed by atoms with E-state index in [9.17, 15) is 4.79 Å². The van der Waals surface area contributed by atoms with Crippen molar-refractivity contribution in [3.8, 4) is 6.07 Å². The van der Waals surface area contributed by atoms with E-state index >= 15 is 0 Å². The van der Waals surface area contributed by atoms with Gasteiger partial charge in [0.15, 0.2) is 0 Å². The Bertz CT molecular complexity index is 486. The van der Waals surface area contributed by atoms with Gasteiger partial charge in [-0.05, 0) is 31.1 Å². The zero-order chi connectivity index (χ0) is 12.8. The topological polar surface area (TPSA) is 63.0 Å². The van der Waals surface area contributed by atoms with Crippen molar-refractivity contribution in [2.75, 3.05) is 6.61 Å². The van der Waals surface area contributed by atoms with Crippen molar-refractivity contribution in [2.24, 2.45) is 0 Å². The van der Waals surface area contributed by atoms with Crippen LogP contribution in [0.4, 0.5) is 0 Å². The normalized spacial score (nSPS) is 11.4. The number of hydrogen-bond donors (Lipinski definition) is 0. The Hall–Kier alpha value is -1.86. The molecule has 0 fully saturated rings. The van der Waals surface area contributed by atoms with Crippen LogP contribution >= 0.6 is 11.6 Å². The number of ether oxygens (including phenoxy) is 1. The molecule has 0 amide bonds. The zero-order valence-corrected chi connectivity index (χ0v) is 10.3. The van der Waals surface area contributed by atoms with Gasteiger partial charge in [0.2, 0.25) is 0 Å². The number of esters is 1. The summed E-state index contributed by atoms with van der Waals surface area (Å²) in [4.78, 5) is 15.4. The number of allylic oxidation sites excluding steroid dienone is 1. The number of hydrogen-bond acceptors (Lipinski definition) is 4. The minimum absolute atomic E-state index is 0.0176. The Morgan fingerprint density at radius 3 is 2.76 bits per heavy atom. The Morgan fingerprint density at radius 1 is 1.59 bits per heavy atom. The molecule has 4 nitrogen and oxygen atoms in total. The third-order valence-corrected chi connectivity index (χ3v) is 2.35. The van der Waals surface area contributed by atoms with Gasteiger partial charge in [-0.15, -0.1) is 0 Å². The lowest BCUT2D eigenvalue weighted by Crippen LogP contribution is -2.08. The van der Waals surface area contributed by atoms with Crippen LogP contribution in [-0.2, 0) is 9.53 Å². The molecule has 1 rings (SSSR count). The molecule has 1 heterocycles. The Labute approximate surface area is 104 Å². The van der Waals surface area contributed by atoms with Crippen molar-refractivity contribution in [3.63, 3.8) is 0 Å². The molecule has 0 saturated carbocycles. The minimum atomic E-state index is -0.623. The van der Waals surface area contributed by atoms with Crippen LogP contribution in [0.25, 0.3) is 5.57 Å². The number of aromatic nitrogens is 1. The third kappa shape index (κ3) is 3.30. The van der Waals surface area contributed by atoms with Gasteiger partial charge in [-0.2, -0.15) is 5.26 Å². The van der Waals surface area contributed by atoms with Gasteiger partial charge in [0.25, 0.3) is 0 Å². The molecule has 88 valence electrons. The summed E-state index contributed by atoms with van der Waals surface area (Å²) < 4.78 is 4.80. The molecule has 0 unspecified atom stereocenters. The van der Waals surface area contributed by atoms with E-state index in [1.54, 1.807) is 26.0 Å². The number of carbonyl (C=O) groups excluding carboxylic acids is 1. The molecule has 5 heteroatoms. The fourth-order valence-electron chi connectivity index (χ4n) is 1.23. The predicted octanol–water partition coefficient (Wildman–Crippen LogP) is 2.60. The van der Waals surface area contributed by atoms with E-state index in [1.807, 2.05) is 6.07 Å². The van der Waals surface area contributed by atoms with Gasteiger partial charge in [0.1, 0.15) is 16.8 Å². The maximum absolute atomic E-state index is 11.5. The number of pyridine rings is 1. The van der Waals surface area contributed by atoms with Crippen LogP contribution < -0.4 is 0 Å². The zero-order valence-electron chi connectivity index (χ0n) is 9.53. The van der Waals surface area contributed by atoms with Gasteiger partial charge in [-0.25, -0.2) is 9.78 Å². The van der Waals surface area contributed by atoms with E-state index in [0.29, 0.717) is 16.3 Å². The number of rotatable bonds is 3. The summed E-state index contributed by atoms with van der Waals surface area (Å²) in [6.45, 7) is 3.59. The number of halogens is 1. The highest BCUT2D eigenvalue weighted by Gasteiger charge is 2.14. The molecule has 0 aliphatic carbocycles. The smallest absolute Gasteiger partial charge is 0.349 e. The quantitative estimate of drug-likeness (QED) is 0.358. The molecular formula is C12H11ClN2O2. The van der Waals surface area contributed by atoms with Crippen molar-refractivity contribution in [1.29, 1.82) is 5.26 Å². The third-order valence-electron chi connectivity index (χ3n) is 2.13. The van der Waals surface area contributed by atoms with Gasteiger partial charge in [0, 0.05) is 6.20 Å². The largest absolute Gasteiger partial charge is 0.462 e. The van der Waals surface area contributed by atoms with Crippen molar-refractivity contribution < 1.29 is 9.53 Å². The summed E-state index contributed by atoms with van der Waals surface area (Å²) >= 11 is 5.66. The molecule has 1 aromatic rings. The lowest BCUT2D eigenvalue weighted by Gasteiger charge is -2.05. The lowest BCUT2D eigenvalue weighted by molar-refractivity contribution is -0.137. The first-order chi connectivity index (χ1) is 8.10. The number of carbonyl (C=O) groups is 1. The first-order valence-corrected chi connectivity index (χ1v) is 5.38. The molecule has 0 N–H and O–H groups in total. The average molecular weight is 251 g/mol. The summed E-state index contributed by atoms with van der Waals surface area (Å²) in [5, 5.41) is 9.31. The highest BCUT2D eigenvalue weighted by molar-refractivity contribution is 6.29. The van der Waals surface area contributed by atoms with E-state index in [4.69, 9.17) is 21.6 Å². The highest BCUT2D eigenvalue weighted by atomic mass is 35.5.